The summed E-state index contributed by atoms with van der Waals surface area (Å²) >= 11 is 1.71. The molecular weight excluding hydrogens is 382 g/mol. The zero-order valence-corrected chi connectivity index (χ0v) is 16.1. The molecule has 2 aliphatic heterocycles. The number of piperidine rings is 1. The van der Waals surface area contributed by atoms with Crippen LogP contribution >= 0.6 is 11.8 Å². The molecule has 2 aliphatic rings. The maximum Gasteiger partial charge on any atom is 0.256 e. The number of nitrogens with zero attached hydrogens (tertiary/aromatic N) is 2. The highest BCUT2D eigenvalue weighted by molar-refractivity contribution is 8.00. The minimum Gasteiger partial charge on any atom is -0.338 e. The van der Waals surface area contributed by atoms with Crippen molar-refractivity contribution in [3.63, 3.8) is 0 Å². The van der Waals surface area contributed by atoms with Gasteiger partial charge < -0.3 is 9.80 Å². The average molecular weight is 402 g/mol. The minimum absolute atomic E-state index is 0.0743. The van der Waals surface area contributed by atoms with E-state index in [2.05, 4.69) is 0 Å². The van der Waals surface area contributed by atoms with E-state index in [1.165, 1.54) is 30.3 Å². The van der Waals surface area contributed by atoms with Crippen molar-refractivity contribution in [1.29, 1.82) is 0 Å². The zero-order valence-electron chi connectivity index (χ0n) is 15.2. The van der Waals surface area contributed by atoms with Crippen LogP contribution in [0.1, 0.15) is 33.6 Å². The number of benzene rings is 2. The molecule has 0 atom stereocenters. The van der Waals surface area contributed by atoms with Crippen LogP contribution in [0.2, 0.25) is 0 Å². The monoisotopic (exact) mass is 402 g/mol. The number of carbonyl (C=O) groups is 2. The predicted molar refractivity (Wildman–Crippen MR) is 104 cm³/mol. The summed E-state index contributed by atoms with van der Waals surface area (Å²) in [7, 11) is 0. The van der Waals surface area contributed by atoms with Crippen LogP contribution in [-0.2, 0) is 0 Å². The van der Waals surface area contributed by atoms with Gasteiger partial charge in [0.25, 0.3) is 11.8 Å². The number of hydrogen-bond acceptors (Lipinski definition) is 3. The van der Waals surface area contributed by atoms with E-state index < -0.39 is 16.5 Å². The Labute approximate surface area is 166 Å². The molecule has 2 amide bonds. The van der Waals surface area contributed by atoms with E-state index in [4.69, 9.17) is 0 Å². The molecule has 2 aromatic carbocycles. The van der Waals surface area contributed by atoms with Gasteiger partial charge in [-0.3, -0.25) is 9.59 Å². The lowest BCUT2D eigenvalue weighted by molar-refractivity contribution is 0.0495. The second-order valence-electron chi connectivity index (χ2n) is 7.03. The highest BCUT2D eigenvalue weighted by atomic mass is 32.2. The number of rotatable bonds is 2. The van der Waals surface area contributed by atoms with Crippen LogP contribution in [-0.4, -0.2) is 51.9 Å². The minimum atomic E-state index is -0.522. The van der Waals surface area contributed by atoms with Crippen LogP contribution < -0.4 is 0 Å². The zero-order chi connectivity index (χ0) is 19.7. The van der Waals surface area contributed by atoms with Crippen LogP contribution in [0.4, 0.5) is 8.78 Å². The SMILES string of the molecule is O=C(c1ccccc1F)N1CCC2(CC1)SCCN2C(=O)c1cccc(F)c1. The molecular formula is C21H20F2N2O2S. The third-order valence-corrected chi connectivity index (χ3v) is 6.98. The topological polar surface area (TPSA) is 40.6 Å². The molecule has 2 aromatic rings. The van der Waals surface area contributed by atoms with Gasteiger partial charge in [-0.1, -0.05) is 18.2 Å². The summed E-state index contributed by atoms with van der Waals surface area (Å²) in [5, 5.41) is 0. The molecule has 4 nitrogen and oxygen atoms in total. The normalized spacial score (nSPS) is 18.5. The lowest BCUT2D eigenvalue weighted by Gasteiger charge is -2.44. The number of likely N-dealkylation sites (tertiary alicyclic amines) is 1. The Bertz CT molecular complexity index is 913. The Kier molecular flexibility index (Phi) is 5.10. The molecule has 0 radical (unpaired) electrons. The number of thioether (sulfide) groups is 1. The maximum atomic E-state index is 13.9. The molecule has 1 spiro atoms. The summed E-state index contributed by atoms with van der Waals surface area (Å²) in [4.78, 5) is 28.7. The van der Waals surface area contributed by atoms with Crippen molar-refractivity contribution < 1.29 is 18.4 Å². The summed E-state index contributed by atoms with van der Waals surface area (Å²) in [6.45, 7) is 1.50. The van der Waals surface area contributed by atoms with Gasteiger partial charge in [0.05, 0.1) is 10.4 Å². The van der Waals surface area contributed by atoms with Crippen LogP contribution in [0, 0.1) is 11.6 Å². The fourth-order valence-corrected chi connectivity index (χ4v) is 5.41. The lowest BCUT2D eigenvalue weighted by Crippen LogP contribution is -2.53. The molecule has 0 bridgehead atoms. The van der Waals surface area contributed by atoms with Gasteiger partial charge in [-0.15, -0.1) is 11.8 Å². The standard InChI is InChI=1S/C21H20F2N2O2S/c22-16-5-3-4-15(14-16)19(26)25-12-13-28-21(25)8-10-24(11-9-21)20(27)17-6-1-2-7-18(17)23/h1-7,14H,8-13H2. The van der Waals surface area contributed by atoms with Crippen molar-refractivity contribution in [3.8, 4) is 0 Å². The van der Waals surface area contributed by atoms with E-state index >= 15 is 0 Å². The largest absolute Gasteiger partial charge is 0.338 e. The predicted octanol–water partition coefficient (Wildman–Crippen LogP) is 3.79. The molecule has 2 fully saturated rings. The number of carbonyl (C=O) groups excluding carboxylic acids is 2. The summed E-state index contributed by atoms with van der Waals surface area (Å²) < 4.78 is 27.5. The quantitative estimate of drug-likeness (QED) is 0.768. The fourth-order valence-electron chi connectivity index (χ4n) is 3.95. The molecule has 0 saturated carbocycles. The van der Waals surface area contributed by atoms with E-state index in [0.29, 0.717) is 38.0 Å². The highest BCUT2D eigenvalue weighted by Gasteiger charge is 2.47. The van der Waals surface area contributed by atoms with E-state index in [1.54, 1.807) is 34.9 Å². The fraction of sp³-hybridized carbons (Fsp3) is 0.333. The van der Waals surface area contributed by atoms with Crippen LogP contribution in [0.3, 0.4) is 0 Å². The molecule has 2 heterocycles. The first-order valence-electron chi connectivity index (χ1n) is 9.25. The third-order valence-electron chi connectivity index (χ3n) is 5.43. The van der Waals surface area contributed by atoms with Gasteiger partial charge in [0.1, 0.15) is 11.6 Å². The molecule has 0 unspecified atom stereocenters. The molecule has 4 rings (SSSR count). The average Bonchev–Trinajstić information content (AvgIpc) is 3.11. The van der Waals surface area contributed by atoms with Crippen molar-refractivity contribution >= 4 is 23.6 Å². The van der Waals surface area contributed by atoms with Gasteiger partial charge >= 0.3 is 0 Å². The van der Waals surface area contributed by atoms with Gasteiger partial charge in [-0.25, -0.2) is 8.78 Å². The van der Waals surface area contributed by atoms with Crippen molar-refractivity contribution in [2.24, 2.45) is 0 Å². The Hall–Kier alpha value is -2.41. The van der Waals surface area contributed by atoms with E-state index in [9.17, 15) is 18.4 Å². The van der Waals surface area contributed by atoms with Crippen molar-refractivity contribution in [1.82, 2.24) is 9.80 Å². The van der Waals surface area contributed by atoms with Gasteiger partial charge in [-0.2, -0.15) is 0 Å². The van der Waals surface area contributed by atoms with E-state index in [0.717, 1.165) is 5.75 Å². The number of hydrogen-bond donors (Lipinski definition) is 0. The smallest absolute Gasteiger partial charge is 0.256 e. The van der Waals surface area contributed by atoms with E-state index in [1.807, 2.05) is 4.90 Å². The van der Waals surface area contributed by atoms with Gasteiger partial charge in [-0.05, 0) is 43.2 Å². The Morgan fingerprint density at radius 1 is 0.929 bits per heavy atom. The molecule has 0 N–H and O–H groups in total. The molecule has 2 saturated heterocycles. The maximum absolute atomic E-state index is 13.9. The summed E-state index contributed by atoms with van der Waals surface area (Å²) in [5.41, 5.74) is 0.414. The highest BCUT2D eigenvalue weighted by Crippen LogP contribution is 2.44. The summed E-state index contributed by atoms with van der Waals surface area (Å²) in [6.07, 6.45) is 1.22. The third kappa shape index (κ3) is 3.39. The van der Waals surface area contributed by atoms with Crippen molar-refractivity contribution in [2.75, 3.05) is 25.4 Å². The van der Waals surface area contributed by atoms with Gasteiger partial charge in [0.15, 0.2) is 0 Å². The first-order chi connectivity index (χ1) is 13.5. The second kappa shape index (κ2) is 7.54. The second-order valence-corrected chi connectivity index (χ2v) is 8.49. The molecule has 7 heteroatoms. The van der Waals surface area contributed by atoms with Crippen LogP contribution in [0.25, 0.3) is 0 Å². The molecule has 146 valence electrons. The molecule has 0 aromatic heterocycles. The Balaban J connectivity index is 1.49. The Morgan fingerprint density at radius 2 is 1.68 bits per heavy atom. The van der Waals surface area contributed by atoms with Crippen LogP contribution in [0.15, 0.2) is 48.5 Å². The first kappa shape index (κ1) is 18.9. The van der Waals surface area contributed by atoms with Crippen molar-refractivity contribution in [3.05, 3.63) is 71.3 Å². The first-order valence-corrected chi connectivity index (χ1v) is 10.2. The number of halogens is 2. The summed E-state index contributed by atoms with van der Waals surface area (Å²) in [5.74, 6) is -0.650. The Morgan fingerprint density at radius 3 is 2.39 bits per heavy atom. The van der Waals surface area contributed by atoms with Gasteiger partial charge in [0.2, 0.25) is 0 Å². The molecule has 28 heavy (non-hydrogen) atoms. The van der Waals surface area contributed by atoms with Crippen LogP contribution in [0.5, 0.6) is 0 Å². The van der Waals surface area contributed by atoms with E-state index in [-0.39, 0.29) is 17.4 Å². The lowest BCUT2D eigenvalue weighted by atomic mass is 10.00. The summed E-state index contributed by atoms with van der Waals surface area (Å²) in [6, 6.07) is 11.7. The van der Waals surface area contributed by atoms with Gasteiger partial charge in [0, 0.05) is 31.0 Å². The van der Waals surface area contributed by atoms with Crippen molar-refractivity contribution in [2.45, 2.75) is 17.7 Å². The number of amides is 2. The molecule has 0 aliphatic carbocycles.